The Kier molecular flexibility index (Phi) is 9.56. The van der Waals surface area contributed by atoms with Crippen LogP contribution in [0.1, 0.15) is 71.8 Å². The van der Waals surface area contributed by atoms with E-state index >= 15 is 0 Å². The topological polar surface area (TPSA) is 98.7 Å². The number of benzene rings is 1. The van der Waals surface area contributed by atoms with E-state index in [0.717, 1.165) is 5.56 Å². The van der Waals surface area contributed by atoms with Crippen LogP contribution in [0.25, 0.3) is 0 Å². The Labute approximate surface area is 207 Å². The maximum Gasteiger partial charge on any atom is 0.407 e. The van der Waals surface area contributed by atoms with Crippen LogP contribution in [-0.4, -0.2) is 45.0 Å². The zero-order valence-corrected chi connectivity index (χ0v) is 21.5. The molecule has 3 N–H and O–H groups in total. The maximum absolute atomic E-state index is 13.5. The first kappa shape index (κ1) is 27.7. The van der Waals surface area contributed by atoms with Crippen LogP contribution in [0, 0.1) is 5.92 Å². The normalized spacial score (nSPS) is 20.0. The summed E-state index contributed by atoms with van der Waals surface area (Å²) in [6, 6.07) is 7.01. The highest BCUT2D eigenvalue weighted by Gasteiger charge is 2.48. The summed E-state index contributed by atoms with van der Waals surface area (Å²) in [4.78, 5) is 39.3. The summed E-state index contributed by atoms with van der Waals surface area (Å²) in [5.41, 5.74) is -0.648. The summed E-state index contributed by atoms with van der Waals surface area (Å²) in [6.07, 6.45) is 4.30. The van der Waals surface area contributed by atoms with Crippen LogP contribution >= 0.6 is 11.6 Å². The smallest absolute Gasteiger partial charge is 0.407 e. The molecule has 1 aromatic carbocycles. The highest BCUT2D eigenvalue weighted by Crippen LogP contribution is 2.38. The molecule has 8 heteroatoms. The minimum absolute atomic E-state index is 0.110. The van der Waals surface area contributed by atoms with Gasteiger partial charge in [0.25, 0.3) is 0 Å². The first-order chi connectivity index (χ1) is 15.9. The van der Waals surface area contributed by atoms with Crippen molar-refractivity contribution in [1.29, 1.82) is 0 Å². The molecular weight excluding hydrogens is 454 g/mol. The zero-order valence-electron chi connectivity index (χ0n) is 20.7. The molecule has 2 rings (SSSR count). The second kappa shape index (κ2) is 11.7. The van der Waals surface area contributed by atoms with Gasteiger partial charge in [0.1, 0.15) is 5.54 Å². The van der Waals surface area contributed by atoms with Gasteiger partial charge in [-0.3, -0.25) is 9.59 Å². The fourth-order valence-corrected chi connectivity index (χ4v) is 4.97. The van der Waals surface area contributed by atoms with Gasteiger partial charge in [-0.25, -0.2) is 4.79 Å². The van der Waals surface area contributed by atoms with Crippen LogP contribution in [0.4, 0.5) is 4.79 Å². The minimum atomic E-state index is -1.07. The lowest BCUT2D eigenvalue weighted by Crippen LogP contribution is -2.65. The SMILES string of the molecule is C=CCCC(NC(C)=O)(C(=O)NC(C)(C)C)C1CCC(N(Cc2ccc(Cl)cc2)C(=O)O)CC1. The van der Waals surface area contributed by atoms with Crippen molar-refractivity contribution in [2.24, 2.45) is 5.92 Å². The van der Waals surface area contributed by atoms with Gasteiger partial charge in [0.15, 0.2) is 0 Å². The number of amides is 3. The quantitative estimate of drug-likeness (QED) is 0.417. The lowest BCUT2D eigenvalue weighted by molar-refractivity contribution is -0.138. The van der Waals surface area contributed by atoms with E-state index in [4.69, 9.17) is 11.6 Å². The van der Waals surface area contributed by atoms with Crippen molar-refractivity contribution in [3.05, 3.63) is 47.5 Å². The molecule has 1 atom stereocenters. The minimum Gasteiger partial charge on any atom is -0.465 e. The van der Waals surface area contributed by atoms with Gasteiger partial charge in [-0.05, 0) is 82.9 Å². The molecule has 1 unspecified atom stereocenters. The second-order valence-electron chi connectivity index (χ2n) is 10.2. The molecule has 0 spiro atoms. The maximum atomic E-state index is 13.5. The molecule has 0 saturated heterocycles. The number of allylic oxidation sites excluding steroid dienone is 1. The molecule has 1 aromatic rings. The third kappa shape index (κ3) is 7.49. The lowest BCUT2D eigenvalue weighted by Gasteiger charge is -2.45. The Morgan fingerprint density at radius 1 is 1.12 bits per heavy atom. The van der Waals surface area contributed by atoms with E-state index in [1.54, 1.807) is 18.2 Å². The number of hydrogen-bond acceptors (Lipinski definition) is 3. The number of carbonyl (C=O) groups is 3. The van der Waals surface area contributed by atoms with Gasteiger partial charge in [0, 0.05) is 30.1 Å². The molecule has 34 heavy (non-hydrogen) atoms. The van der Waals surface area contributed by atoms with Crippen LogP contribution in [0.5, 0.6) is 0 Å². The fraction of sp³-hybridized carbons (Fsp3) is 0.577. The first-order valence-corrected chi connectivity index (χ1v) is 12.2. The van der Waals surface area contributed by atoms with Gasteiger partial charge in [-0.2, -0.15) is 0 Å². The molecule has 7 nitrogen and oxygen atoms in total. The summed E-state index contributed by atoms with van der Waals surface area (Å²) < 4.78 is 0. The summed E-state index contributed by atoms with van der Waals surface area (Å²) >= 11 is 5.96. The van der Waals surface area contributed by atoms with Crippen LogP contribution in [0.2, 0.25) is 5.02 Å². The second-order valence-corrected chi connectivity index (χ2v) is 10.7. The molecule has 1 fully saturated rings. The van der Waals surface area contributed by atoms with Crippen molar-refractivity contribution in [1.82, 2.24) is 15.5 Å². The molecular formula is C26H38ClN3O4. The molecule has 0 aliphatic heterocycles. The van der Waals surface area contributed by atoms with E-state index < -0.39 is 17.2 Å². The van der Waals surface area contributed by atoms with E-state index in [1.165, 1.54) is 11.8 Å². The van der Waals surface area contributed by atoms with Gasteiger partial charge in [0.2, 0.25) is 11.8 Å². The molecule has 0 aromatic heterocycles. The molecule has 1 aliphatic carbocycles. The summed E-state index contributed by atoms with van der Waals surface area (Å²) in [7, 11) is 0. The number of carbonyl (C=O) groups excluding carboxylic acids is 2. The van der Waals surface area contributed by atoms with Gasteiger partial charge >= 0.3 is 6.09 Å². The van der Waals surface area contributed by atoms with E-state index in [-0.39, 0.29) is 30.3 Å². The fourth-order valence-electron chi connectivity index (χ4n) is 4.84. The largest absolute Gasteiger partial charge is 0.465 e. The molecule has 1 aliphatic rings. The number of nitrogens with one attached hydrogen (secondary N) is 2. The van der Waals surface area contributed by atoms with Crippen molar-refractivity contribution in [3.63, 3.8) is 0 Å². The molecule has 0 radical (unpaired) electrons. The van der Waals surface area contributed by atoms with Crippen LogP contribution in [-0.2, 0) is 16.1 Å². The standard InChI is InChI=1S/C26H38ClN3O4/c1-6-7-16-26(28-18(2)31,23(32)29-25(3,4)5)20-10-14-22(15-11-20)30(24(33)34)17-19-8-12-21(27)13-9-19/h6,8-9,12-13,20,22H,1,7,10-11,14-17H2,2-5H3,(H,28,31)(H,29,32)(H,33,34). The summed E-state index contributed by atoms with van der Waals surface area (Å²) in [5.74, 6) is -0.567. The van der Waals surface area contributed by atoms with Crippen molar-refractivity contribution in [3.8, 4) is 0 Å². The molecule has 0 bridgehead atoms. The first-order valence-electron chi connectivity index (χ1n) is 11.8. The van der Waals surface area contributed by atoms with Crippen molar-refractivity contribution in [2.75, 3.05) is 0 Å². The van der Waals surface area contributed by atoms with E-state index in [1.807, 2.05) is 32.9 Å². The van der Waals surface area contributed by atoms with E-state index in [0.29, 0.717) is 43.5 Å². The van der Waals surface area contributed by atoms with E-state index in [9.17, 15) is 19.5 Å². The van der Waals surface area contributed by atoms with Crippen LogP contribution in [0.15, 0.2) is 36.9 Å². The van der Waals surface area contributed by atoms with Gasteiger partial charge < -0.3 is 20.6 Å². The van der Waals surface area contributed by atoms with Gasteiger partial charge in [0.05, 0.1) is 0 Å². The number of carboxylic acid groups (broad SMARTS) is 1. The highest BCUT2D eigenvalue weighted by atomic mass is 35.5. The predicted molar refractivity (Wildman–Crippen MR) is 135 cm³/mol. The molecule has 188 valence electrons. The van der Waals surface area contributed by atoms with Crippen LogP contribution < -0.4 is 10.6 Å². The lowest BCUT2D eigenvalue weighted by atomic mass is 9.70. The number of hydrogen-bond donors (Lipinski definition) is 3. The van der Waals surface area contributed by atoms with Gasteiger partial charge in [-0.1, -0.05) is 29.8 Å². The Balaban J connectivity index is 2.24. The van der Waals surface area contributed by atoms with Crippen LogP contribution in [0.3, 0.4) is 0 Å². The predicted octanol–water partition coefficient (Wildman–Crippen LogP) is 5.13. The highest BCUT2D eigenvalue weighted by molar-refractivity contribution is 6.30. The Bertz CT molecular complexity index is 873. The number of rotatable bonds is 9. The third-order valence-corrected chi connectivity index (χ3v) is 6.63. The number of halogens is 1. The van der Waals surface area contributed by atoms with Crippen molar-refractivity contribution >= 4 is 29.5 Å². The molecule has 1 saturated carbocycles. The third-order valence-electron chi connectivity index (χ3n) is 6.38. The zero-order chi connectivity index (χ0) is 25.5. The summed E-state index contributed by atoms with van der Waals surface area (Å²) in [5, 5.41) is 16.5. The van der Waals surface area contributed by atoms with Gasteiger partial charge in [-0.15, -0.1) is 6.58 Å². The Hall–Kier alpha value is -2.54. The van der Waals surface area contributed by atoms with Crippen molar-refractivity contribution < 1.29 is 19.5 Å². The van der Waals surface area contributed by atoms with Crippen molar-refractivity contribution in [2.45, 2.75) is 89.9 Å². The van der Waals surface area contributed by atoms with E-state index in [2.05, 4.69) is 17.2 Å². The average molecular weight is 492 g/mol. The molecule has 0 heterocycles. The Morgan fingerprint density at radius 2 is 1.71 bits per heavy atom. The average Bonchev–Trinajstić information content (AvgIpc) is 2.74. The molecule has 3 amide bonds. The Morgan fingerprint density at radius 3 is 2.18 bits per heavy atom. The number of nitrogens with zero attached hydrogens (tertiary/aromatic N) is 1. The summed E-state index contributed by atoms with van der Waals surface area (Å²) in [6.45, 7) is 11.2. The monoisotopic (exact) mass is 491 g/mol.